The van der Waals surface area contributed by atoms with E-state index in [0.29, 0.717) is 11.4 Å². The van der Waals surface area contributed by atoms with Crippen molar-refractivity contribution in [2.45, 2.75) is 223 Å². The third-order valence-electron chi connectivity index (χ3n) is 13.8. The second kappa shape index (κ2) is 26.0. The first-order chi connectivity index (χ1) is 29.9. The first-order valence-corrected chi connectivity index (χ1v) is 27.9. The zero-order valence-electron chi connectivity index (χ0n) is 45.2. The molecule has 0 bridgehead atoms. The average molecular weight is 1040 g/mol. The fraction of sp³-hybridized carbons (Fsp3) is 0.621. The number of carboxylic acids is 2. The quantitative estimate of drug-likeness (QED) is 0.0549. The Hall–Kier alpha value is -3.09. The summed E-state index contributed by atoms with van der Waals surface area (Å²) >= 11 is 0. The Morgan fingerprint density at radius 3 is 0.986 bits per heavy atom. The van der Waals surface area contributed by atoms with Crippen LogP contribution < -0.4 is 0 Å². The number of phenolic OH excluding ortho intramolecular Hbond substituents is 2. The number of aryl methyl sites for hydroxylation is 4. The maximum absolute atomic E-state index is 11.1. The van der Waals surface area contributed by atoms with Gasteiger partial charge in [-0.1, -0.05) is 39.1 Å². The normalized spacial score (nSPS) is 13.0. The van der Waals surface area contributed by atoms with Crippen molar-refractivity contribution in [2.24, 2.45) is 9.98 Å². The van der Waals surface area contributed by atoms with E-state index in [0.717, 1.165) is 47.9 Å². The largest absolute Gasteiger partial charge is 0.507 e. The molecule has 1 radical (unpaired) electrons. The summed E-state index contributed by atoms with van der Waals surface area (Å²) < 4.78 is 0. The third kappa shape index (κ3) is 16.7. The topological polar surface area (TPSA) is 140 Å². The zero-order chi connectivity index (χ0) is 51.1. The van der Waals surface area contributed by atoms with Gasteiger partial charge in [-0.3, -0.25) is 9.98 Å². The van der Waals surface area contributed by atoms with Crippen molar-refractivity contribution in [1.29, 1.82) is 0 Å². The van der Waals surface area contributed by atoms with Crippen LogP contribution in [0.25, 0.3) is 0 Å². The Morgan fingerprint density at radius 1 is 0.493 bits per heavy atom. The standard InChI is InChI=1S/C54H86N2O2P2.C2H2O4.2CH4.Co/c1-39-33-41(27-23-25-31-59(49(3,4)5,50(6,7)8)51(9,10)11)35-43(47(39)57)37-55-45-29-21-22-30-46(45)56-38-44-36-42(34-40(2)48(44)58)28-24-26-32-60(52(12,13)14,53(15,16)17)54(18,19)20;3-1(4)2(5)6;;;/h21-22,29-30,33-38H,23-28,31-32H2,1-20H3;(H,3,4)(H,5,6);2*1H4;/p+2. The summed E-state index contributed by atoms with van der Waals surface area (Å²) in [6.45, 7) is 48.4. The number of hydrogen-bond donors (Lipinski definition) is 4. The van der Waals surface area contributed by atoms with Crippen LogP contribution in [0.2, 0.25) is 0 Å². The molecule has 0 saturated heterocycles. The molecule has 3 aromatic carbocycles. The van der Waals surface area contributed by atoms with Crippen LogP contribution in [0.15, 0.2) is 58.5 Å². The molecule has 0 saturated carbocycles. The van der Waals surface area contributed by atoms with Gasteiger partial charge in [0.25, 0.3) is 0 Å². The summed E-state index contributed by atoms with van der Waals surface area (Å²) in [5.74, 6) is -3.12. The first kappa shape index (κ1) is 68.0. The number of para-hydroxylation sites is 2. The van der Waals surface area contributed by atoms with Crippen molar-refractivity contribution in [3.05, 3.63) is 81.9 Å². The van der Waals surface area contributed by atoms with Gasteiger partial charge in [0.15, 0.2) is 0 Å². The number of phenols is 2. The van der Waals surface area contributed by atoms with E-state index in [2.05, 4.69) is 149 Å². The van der Waals surface area contributed by atoms with Crippen LogP contribution in [0.5, 0.6) is 11.5 Å². The minimum absolute atomic E-state index is 0. The van der Waals surface area contributed by atoms with Crippen molar-refractivity contribution in [3.63, 3.8) is 0 Å². The van der Waals surface area contributed by atoms with Crippen molar-refractivity contribution in [1.82, 2.24) is 0 Å². The van der Waals surface area contributed by atoms with E-state index < -0.39 is 26.5 Å². The van der Waals surface area contributed by atoms with Crippen LogP contribution in [-0.2, 0) is 39.2 Å². The van der Waals surface area contributed by atoms with Gasteiger partial charge >= 0.3 is 11.9 Å². The van der Waals surface area contributed by atoms with E-state index >= 15 is 0 Å². The molecule has 3 aromatic rings. The fourth-order valence-corrected chi connectivity index (χ4v) is 30.1. The van der Waals surface area contributed by atoms with E-state index in [1.54, 1.807) is 12.4 Å². The molecule has 0 amide bonds. The maximum Gasteiger partial charge on any atom is 0.414 e. The SMILES string of the molecule is C.C.Cc1cc(CCCC[P+](C(C)(C)C)(C(C)(C)C)C(C)(C)C)cc(C=Nc2ccccc2N=Cc2cc(CCCC[P+](C(C)(C)C)(C(C)(C)C)C(C)(C)C)cc(C)c2O)c1O.O=C(O)C(=O)O.[Co]. The number of aliphatic imine (C=N–C) groups is 2. The van der Waals surface area contributed by atoms with Crippen LogP contribution >= 0.6 is 14.5 Å². The zero-order valence-corrected chi connectivity index (χ0v) is 48.0. The van der Waals surface area contributed by atoms with E-state index in [-0.39, 0.29) is 74.1 Å². The smallest absolute Gasteiger partial charge is 0.414 e. The van der Waals surface area contributed by atoms with E-state index in [1.807, 2.05) is 38.1 Å². The molecule has 0 fully saturated rings. The molecule has 0 atom stereocenters. The van der Waals surface area contributed by atoms with Crippen molar-refractivity contribution >= 4 is 50.3 Å². The second-order valence-corrected chi connectivity index (χ2v) is 36.5. The summed E-state index contributed by atoms with van der Waals surface area (Å²) in [5, 5.41) is 38.7. The van der Waals surface area contributed by atoms with Crippen LogP contribution in [0.4, 0.5) is 11.4 Å². The molecule has 0 aliphatic rings. The van der Waals surface area contributed by atoms with Crippen LogP contribution in [0, 0.1) is 13.8 Å². The van der Waals surface area contributed by atoms with Gasteiger partial charge in [0.2, 0.25) is 0 Å². The maximum atomic E-state index is 11.1. The Kier molecular flexibility index (Phi) is 25.7. The summed E-state index contributed by atoms with van der Waals surface area (Å²) in [7, 11) is -2.78. The summed E-state index contributed by atoms with van der Waals surface area (Å²) in [4.78, 5) is 27.9. The van der Waals surface area contributed by atoms with Crippen LogP contribution in [0.3, 0.4) is 0 Å². The molecule has 0 unspecified atom stereocenters. The van der Waals surface area contributed by atoms with Gasteiger partial charge in [0.1, 0.15) is 11.5 Å². The minimum atomic E-state index is -1.82. The van der Waals surface area contributed by atoms with Gasteiger partial charge in [-0.05, 0) is 224 Å². The molecule has 11 heteroatoms. The van der Waals surface area contributed by atoms with Gasteiger partial charge < -0.3 is 20.4 Å². The van der Waals surface area contributed by atoms with E-state index in [1.165, 1.54) is 36.3 Å². The number of aliphatic carboxylic acids is 2. The van der Waals surface area contributed by atoms with E-state index in [4.69, 9.17) is 29.8 Å². The molecule has 0 aromatic heterocycles. The summed E-state index contributed by atoms with van der Waals surface area (Å²) in [6, 6.07) is 16.3. The number of aromatic hydroxyl groups is 2. The Labute approximate surface area is 433 Å². The number of benzene rings is 3. The predicted octanol–water partition coefficient (Wildman–Crippen LogP) is 17.1. The van der Waals surface area contributed by atoms with Gasteiger partial charge in [-0.15, -0.1) is 0 Å². The minimum Gasteiger partial charge on any atom is -0.507 e. The van der Waals surface area contributed by atoms with Crippen molar-refractivity contribution < 1.29 is 46.8 Å². The molecule has 3 rings (SSSR count). The van der Waals surface area contributed by atoms with E-state index in [9.17, 15) is 10.2 Å². The molecule has 0 spiro atoms. The fourth-order valence-electron chi connectivity index (χ4n) is 12.6. The van der Waals surface area contributed by atoms with Gasteiger partial charge in [0.05, 0.1) is 54.6 Å². The van der Waals surface area contributed by atoms with Crippen molar-refractivity contribution in [3.8, 4) is 11.5 Å². The number of rotatable bonds is 14. The Bertz CT molecular complexity index is 1960. The second-order valence-electron chi connectivity index (χ2n) is 24.3. The molecule has 393 valence electrons. The number of nitrogens with zero attached hydrogens (tertiary/aromatic N) is 2. The molecule has 8 nitrogen and oxygen atoms in total. The number of unbranched alkanes of at least 4 members (excludes halogenated alkanes) is 2. The van der Waals surface area contributed by atoms with Crippen LogP contribution in [-0.4, -0.2) is 88.1 Å². The molecule has 0 aliphatic carbocycles. The predicted molar refractivity (Wildman–Crippen MR) is 303 cm³/mol. The van der Waals surface area contributed by atoms with Gasteiger partial charge in [0, 0.05) is 54.9 Å². The molecule has 0 heterocycles. The molecule has 4 N–H and O–H groups in total. The van der Waals surface area contributed by atoms with Gasteiger partial charge in [-0.25, -0.2) is 9.59 Å². The monoisotopic (exact) mass is 1040 g/mol. The van der Waals surface area contributed by atoms with Gasteiger partial charge in [-0.2, -0.15) is 0 Å². The first-order valence-electron chi connectivity index (χ1n) is 23.9. The average Bonchev–Trinajstić information content (AvgIpc) is 3.13. The number of hydrogen-bond acceptors (Lipinski definition) is 6. The number of carboxylic acid groups (broad SMARTS) is 2. The Morgan fingerprint density at radius 2 is 0.754 bits per heavy atom. The third-order valence-corrected chi connectivity index (χ3v) is 29.5. The molecule has 69 heavy (non-hydrogen) atoms. The molecular formula is C58H98CoN2O6P2+2. The molecule has 0 aliphatic heterocycles. The number of carbonyl (C=O) groups is 2. The van der Waals surface area contributed by atoms with Crippen molar-refractivity contribution in [2.75, 3.05) is 12.3 Å². The van der Waals surface area contributed by atoms with Crippen LogP contribution in [0.1, 0.15) is 199 Å². The molecular weight excluding hydrogens is 942 g/mol. The summed E-state index contributed by atoms with van der Waals surface area (Å²) in [6.07, 6.45) is 12.7. The Balaban J connectivity index is 0. The summed E-state index contributed by atoms with van der Waals surface area (Å²) in [5.41, 5.74) is 7.05.